The molecule has 0 aliphatic heterocycles. The number of fused-ring (bicyclic) bond motifs is 3. The number of thiophene rings is 1. The van der Waals surface area contributed by atoms with E-state index in [4.69, 9.17) is 0 Å². The molecule has 3 aromatic heterocycles. The highest BCUT2D eigenvalue weighted by molar-refractivity contribution is 7.25. The Hall–Kier alpha value is -1.48. The van der Waals surface area contributed by atoms with E-state index in [0.717, 1.165) is 5.69 Å². The first-order chi connectivity index (χ1) is 6.84. The number of hydrogen-bond acceptors (Lipinski definition) is 3. The van der Waals surface area contributed by atoms with Crippen LogP contribution < -0.4 is 0 Å². The third-order valence-electron chi connectivity index (χ3n) is 2.30. The van der Waals surface area contributed by atoms with Crippen LogP contribution in [0.5, 0.6) is 0 Å². The summed E-state index contributed by atoms with van der Waals surface area (Å²) in [4.78, 5) is 8.41. The molecule has 0 aliphatic carbocycles. The molecule has 0 aliphatic rings. The molecule has 0 amide bonds. The van der Waals surface area contributed by atoms with E-state index in [-0.39, 0.29) is 0 Å². The van der Waals surface area contributed by atoms with Gasteiger partial charge in [-0.05, 0) is 19.1 Å². The lowest BCUT2D eigenvalue weighted by atomic mass is 10.2. The second-order valence-corrected chi connectivity index (χ2v) is 4.38. The van der Waals surface area contributed by atoms with Gasteiger partial charge in [-0.2, -0.15) is 0 Å². The van der Waals surface area contributed by atoms with Crippen LogP contribution in [0.4, 0.5) is 0 Å². The molecular formula is C11H8N2S. The summed E-state index contributed by atoms with van der Waals surface area (Å²) >= 11 is 1.75. The van der Waals surface area contributed by atoms with Crippen LogP contribution in [0.2, 0.25) is 0 Å². The summed E-state index contributed by atoms with van der Waals surface area (Å²) in [6.45, 7) is 2.02. The maximum atomic E-state index is 4.29. The molecule has 3 rings (SSSR count). The summed E-state index contributed by atoms with van der Waals surface area (Å²) < 4.78 is 2.47. The van der Waals surface area contributed by atoms with Gasteiger partial charge in [0.1, 0.15) is 0 Å². The first-order valence-electron chi connectivity index (χ1n) is 4.43. The third-order valence-corrected chi connectivity index (χ3v) is 3.39. The fourth-order valence-corrected chi connectivity index (χ4v) is 2.66. The molecule has 0 spiro atoms. The Labute approximate surface area is 85.2 Å². The highest BCUT2D eigenvalue weighted by Crippen LogP contribution is 2.32. The molecule has 2 nitrogen and oxygen atoms in total. The summed E-state index contributed by atoms with van der Waals surface area (Å²) in [5, 5.41) is 2.57. The Balaban J connectivity index is 2.58. The van der Waals surface area contributed by atoms with Crippen LogP contribution in [0.15, 0.2) is 30.7 Å². The van der Waals surface area contributed by atoms with Crippen molar-refractivity contribution >= 4 is 31.5 Å². The van der Waals surface area contributed by atoms with E-state index in [1.54, 1.807) is 11.3 Å². The van der Waals surface area contributed by atoms with Gasteiger partial charge in [0, 0.05) is 35.1 Å². The van der Waals surface area contributed by atoms with Crippen molar-refractivity contribution in [2.75, 3.05) is 0 Å². The lowest BCUT2D eigenvalue weighted by Gasteiger charge is -1.92. The average Bonchev–Trinajstić information content (AvgIpc) is 2.56. The first-order valence-corrected chi connectivity index (χ1v) is 5.25. The van der Waals surface area contributed by atoms with Crippen LogP contribution in [0.3, 0.4) is 0 Å². The second kappa shape index (κ2) is 2.75. The minimum Gasteiger partial charge on any atom is -0.263 e. The van der Waals surface area contributed by atoms with E-state index in [0.29, 0.717) is 0 Å². The van der Waals surface area contributed by atoms with Crippen LogP contribution in [-0.2, 0) is 0 Å². The van der Waals surface area contributed by atoms with Crippen LogP contribution in [0.25, 0.3) is 20.2 Å². The third kappa shape index (κ3) is 1.02. The van der Waals surface area contributed by atoms with Gasteiger partial charge in [-0.15, -0.1) is 11.3 Å². The molecule has 0 atom stereocenters. The highest BCUT2D eigenvalue weighted by Gasteiger charge is 2.04. The van der Waals surface area contributed by atoms with Gasteiger partial charge < -0.3 is 0 Å². The van der Waals surface area contributed by atoms with E-state index in [1.165, 1.54) is 20.2 Å². The van der Waals surface area contributed by atoms with Gasteiger partial charge in [0.25, 0.3) is 0 Å². The molecule has 3 heteroatoms. The molecule has 0 unspecified atom stereocenters. The quantitative estimate of drug-likeness (QED) is 0.557. The van der Waals surface area contributed by atoms with E-state index >= 15 is 0 Å². The Morgan fingerprint density at radius 1 is 1.14 bits per heavy atom. The Morgan fingerprint density at radius 3 is 2.93 bits per heavy atom. The molecule has 0 aromatic carbocycles. The van der Waals surface area contributed by atoms with Crippen molar-refractivity contribution in [1.82, 2.24) is 9.97 Å². The zero-order valence-electron chi connectivity index (χ0n) is 7.69. The zero-order valence-corrected chi connectivity index (χ0v) is 8.51. The van der Waals surface area contributed by atoms with Crippen LogP contribution in [0.1, 0.15) is 5.69 Å². The monoisotopic (exact) mass is 200 g/mol. The van der Waals surface area contributed by atoms with Gasteiger partial charge in [0.2, 0.25) is 0 Å². The summed E-state index contributed by atoms with van der Waals surface area (Å²) in [6, 6.07) is 4.20. The predicted molar refractivity (Wildman–Crippen MR) is 59.7 cm³/mol. The maximum Gasteiger partial charge on any atom is 0.0539 e. The van der Waals surface area contributed by atoms with Gasteiger partial charge >= 0.3 is 0 Å². The predicted octanol–water partition coefficient (Wildman–Crippen LogP) is 3.15. The van der Waals surface area contributed by atoms with Crippen molar-refractivity contribution in [3.05, 3.63) is 36.4 Å². The van der Waals surface area contributed by atoms with Crippen molar-refractivity contribution in [1.29, 1.82) is 0 Å². The Bertz CT molecular complexity index is 613. The number of aromatic nitrogens is 2. The molecule has 0 radical (unpaired) electrons. The maximum absolute atomic E-state index is 4.29. The topological polar surface area (TPSA) is 25.8 Å². The SMILES string of the molecule is Cc1cc2c(cn1)sc1cnccc12. The molecule has 3 heterocycles. The number of hydrogen-bond donors (Lipinski definition) is 0. The van der Waals surface area contributed by atoms with Crippen molar-refractivity contribution in [3.8, 4) is 0 Å². The molecule has 68 valence electrons. The van der Waals surface area contributed by atoms with E-state index in [2.05, 4.69) is 22.1 Å². The van der Waals surface area contributed by atoms with Crippen molar-refractivity contribution in [2.24, 2.45) is 0 Å². The molecule has 0 saturated carbocycles. The van der Waals surface area contributed by atoms with Crippen LogP contribution in [-0.4, -0.2) is 9.97 Å². The lowest BCUT2D eigenvalue weighted by molar-refractivity contribution is 1.23. The molecule has 0 bridgehead atoms. The van der Waals surface area contributed by atoms with E-state index < -0.39 is 0 Å². The minimum atomic E-state index is 1.06. The van der Waals surface area contributed by atoms with Gasteiger partial charge in [-0.3, -0.25) is 9.97 Å². The normalized spacial score (nSPS) is 11.2. The number of pyridine rings is 2. The first kappa shape index (κ1) is 7.88. The van der Waals surface area contributed by atoms with E-state index in [9.17, 15) is 0 Å². The summed E-state index contributed by atoms with van der Waals surface area (Å²) in [6.07, 6.45) is 5.69. The fourth-order valence-electron chi connectivity index (χ4n) is 1.64. The van der Waals surface area contributed by atoms with Gasteiger partial charge in [0.05, 0.1) is 9.40 Å². The Kier molecular flexibility index (Phi) is 1.55. The van der Waals surface area contributed by atoms with Crippen LogP contribution >= 0.6 is 11.3 Å². The van der Waals surface area contributed by atoms with E-state index in [1.807, 2.05) is 25.5 Å². The number of rotatable bonds is 0. The van der Waals surface area contributed by atoms with Gasteiger partial charge in [-0.1, -0.05) is 0 Å². The van der Waals surface area contributed by atoms with Crippen molar-refractivity contribution in [3.63, 3.8) is 0 Å². The van der Waals surface area contributed by atoms with Crippen LogP contribution in [0, 0.1) is 6.92 Å². The Morgan fingerprint density at radius 2 is 2.00 bits per heavy atom. The summed E-state index contributed by atoms with van der Waals surface area (Å²) in [5.41, 5.74) is 1.06. The summed E-state index contributed by atoms with van der Waals surface area (Å²) in [7, 11) is 0. The second-order valence-electron chi connectivity index (χ2n) is 3.30. The minimum absolute atomic E-state index is 1.06. The lowest BCUT2D eigenvalue weighted by Crippen LogP contribution is -1.76. The average molecular weight is 200 g/mol. The number of aryl methyl sites for hydroxylation is 1. The zero-order chi connectivity index (χ0) is 9.54. The molecule has 0 saturated heterocycles. The molecule has 3 aromatic rings. The smallest absolute Gasteiger partial charge is 0.0539 e. The van der Waals surface area contributed by atoms with Gasteiger partial charge in [0.15, 0.2) is 0 Å². The molecule has 0 N–H and O–H groups in total. The highest BCUT2D eigenvalue weighted by atomic mass is 32.1. The summed E-state index contributed by atoms with van der Waals surface area (Å²) in [5.74, 6) is 0. The van der Waals surface area contributed by atoms with Gasteiger partial charge in [-0.25, -0.2) is 0 Å². The van der Waals surface area contributed by atoms with Crippen molar-refractivity contribution < 1.29 is 0 Å². The standard InChI is InChI=1S/C11H8N2S/c1-7-4-9-8-2-3-12-5-10(8)14-11(9)6-13-7/h2-6H,1H3. The van der Waals surface area contributed by atoms with Crippen molar-refractivity contribution in [2.45, 2.75) is 6.92 Å². The molecule has 14 heavy (non-hydrogen) atoms. The fraction of sp³-hybridized carbons (Fsp3) is 0.0909. The molecular weight excluding hydrogens is 192 g/mol. The molecule has 0 fully saturated rings. The number of nitrogens with zero attached hydrogens (tertiary/aromatic N) is 2. The largest absolute Gasteiger partial charge is 0.263 e.